The fourth-order valence-corrected chi connectivity index (χ4v) is 1.35. The van der Waals surface area contributed by atoms with Crippen LogP contribution in [-0.4, -0.2) is 29.8 Å². The predicted molar refractivity (Wildman–Crippen MR) is 65.6 cm³/mol. The lowest BCUT2D eigenvalue weighted by molar-refractivity contribution is -0.201. The van der Waals surface area contributed by atoms with Crippen molar-refractivity contribution in [3.63, 3.8) is 0 Å². The van der Waals surface area contributed by atoms with Crippen molar-refractivity contribution in [1.29, 1.82) is 0 Å². The van der Waals surface area contributed by atoms with Crippen LogP contribution in [0.5, 0.6) is 0 Å². The number of alkyl halides is 3. The number of nitrogens with one attached hydrogen (secondary N) is 1. The molecule has 0 saturated heterocycles. The highest BCUT2D eigenvalue weighted by Gasteiger charge is 2.37. The monoisotopic (exact) mass is 293 g/mol. The van der Waals surface area contributed by atoms with E-state index in [9.17, 15) is 18.0 Å². The molecule has 0 spiro atoms. The van der Waals surface area contributed by atoms with E-state index in [1.807, 2.05) is 5.32 Å². The van der Waals surface area contributed by atoms with Crippen molar-refractivity contribution in [2.45, 2.75) is 12.3 Å². The molecule has 2 N–H and O–H groups in total. The minimum atomic E-state index is -4.75. The third-order valence-corrected chi connectivity index (χ3v) is 2.36. The van der Waals surface area contributed by atoms with E-state index in [2.05, 4.69) is 0 Å². The first-order valence-electron chi connectivity index (χ1n) is 5.25. The summed E-state index contributed by atoms with van der Waals surface area (Å²) in [6.45, 7) is -0.887. The molecule has 19 heavy (non-hydrogen) atoms. The van der Waals surface area contributed by atoms with Crippen LogP contribution in [-0.2, 0) is 4.79 Å². The molecule has 0 fully saturated rings. The molecule has 0 aliphatic carbocycles. The molecule has 1 amide bonds. The van der Waals surface area contributed by atoms with Crippen molar-refractivity contribution in [2.75, 3.05) is 6.54 Å². The average molecular weight is 294 g/mol. The number of carbonyl (C=O) groups excluding carboxylic acids is 1. The van der Waals surface area contributed by atoms with Gasteiger partial charge in [-0.3, -0.25) is 4.79 Å². The topological polar surface area (TPSA) is 49.3 Å². The summed E-state index contributed by atoms with van der Waals surface area (Å²) >= 11 is 5.72. The minimum absolute atomic E-state index is 0.482. The van der Waals surface area contributed by atoms with Crippen LogP contribution in [0.3, 0.4) is 0 Å². The number of aliphatic hydroxyl groups is 1. The van der Waals surface area contributed by atoms with Crippen LogP contribution in [0.25, 0.3) is 6.08 Å². The van der Waals surface area contributed by atoms with Crippen molar-refractivity contribution in [3.05, 3.63) is 40.9 Å². The fraction of sp³-hybridized carbons (Fsp3) is 0.250. The van der Waals surface area contributed by atoms with Crippen LogP contribution < -0.4 is 5.32 Å². The average Bonchev–Trinajstić information content (AvgIpc) is 2.32. The highest BCUT2D eigenvalue weighted by molar-refractivity contribution is 6.30. The molecule has 1 unspecified atom stereocenters. The standard InChI is InChI=1S/C12H11ClF3NO2/c13-9-3-1-2-8(6-9)4-5-11(19)17-7-10(18)12(14,15)16/h1-6,10,18H,7H2,(H,17,19)/b5-4+. The normalized spacial score (nSPS) is 13.5. The predicted octanol–water partition coefficient (Wildman–Crippen LogP) is 2.39. The molecule has 0 aliphatic heterocycles. The summed E-state index contributed by atoms with van der Waals surface area (Å²) in [7, 11) is 0. The number of amides is 1. The van der Waals surface area contributed by atoms with Crippen molar-refractivity contribution in [2.24, 2.45) is 0 Å². The highest BCUT2D eigenvalue weighted by atomic mass is 35.5. The number of halogens is 4. The molecule has 1 aromatic rings. The summed E-state index contributed by atoms with van der Waals surface area (Å²) < 4.78 is 35.9. The number of benzene rings is 1. The Hall–Kier alpha value is -1.53. The van der Waals surface area contributed by atoms with Crippen molar-refractivity contribution < 1.29 is 23.1 Å². The molecule has 104 valence electrons. The number of rotatable bonds is 4. The van der Waals surface area contributed by atoms with Gasteiger partial charge in [0.25, 0.3) is 0 Å². The maximum absolute atomic E-state index is 12.0. The Morgan fingerprint density at radius 3 is 2.74 bits per heavy atom. The van der Waals surface area contributed by atoms with E-state index in [-0.39, 0.29) is 0 Å². The number of hydrogen-bond donors (Lipinski definition) is 2. The van der Waals surface area contributed by atoms with Gasteiger partial charge >= 0.3 is 6.18 Å². The van der Waals surface area contributed by atoms with Gasteiger partial charge in [-0.2, -0.15) is 13.2 Å². The molecule has 1 atom stereocenters. The first-order chi connectivity index (χ1) is 8.79. The van der Waals surface area contributed by atoms with Gasteiger partial charge in [0.05, 0.1) is 6.54 Å². The molecule has 1 rings (SSSR count). The summed E-state index contributed by atoms with van der Waals surface area (Å²) in [6, 6.07) is 6.60. The van der Waals surface area contributed by atoms with Crippen LogP contribution >= 0.6 is 11.6 Å². The zero-order valence-electron chi connectivity index (χ0n) is 9.62. The van der Waals surface area contributed by atoms with E-state index in [0.29, 0.717) is 10.6 Å². The van der Waals surface area contributed by atoms with Crippen molar-refractivity contribution >= 4 is 23.6 Å². The first kappa shape index (κ1) is 15.5. The second-order valence-electron chi connectivity index (χ2n) is 3.69. The van der Waals surface area contributed by atoms with Gasteiger partial charge in [-0.15, -0.1) is 0 Å². The molecule has 0 saturated carbocycles. The van der Waals surface area contributed by atoms with Crippen molar-refractivity contribution in [3.8, 4) is 0 Å². The van der Waals surface area contributed by atoms with Crippen LogP contribution in [0.2, 0.25) is 5.02 Å². The molecular weight excluding hydrogens is 283 g/mol. The third kappa shape index (κ3) is 5.76. The summed E-state index contributed by atoms with van der Waals surface area (Å²) in [5.74, 6) is -0.733. The lowest BCUT2D eigenvalue weighted by Crippen LogP contribution is -2.40. The zero-order chi connectivity index (χ0) is 14.5. The quantitative estimate of drug-likeness (QED) is 0.838. The molecule has 3 nitrogen and oxygen atoms in total. The minimum Gasteiger partial charge on any atom is -0.382 e. The lowest BCUT2D eigenvalue weighted by Gasteiger charge is -2.14. The van der Waals surface area contributed by atoms with Gasteiger partial charge in [0.2, 0.25) is 5.91 Å². The van der Waals surface area contributed by atoms with Crippen LogP contribution in [0.15, 0.2) is 30.3 Å². The number of hydrogen-bond acceptors (Lipinski definition) is 2. The van der Waals surface area contributed by atoms with Gasteiger partial charge in [-0.25, -0.2) is 0 Å². The van der Waals surface area contributed by atoms with E-state index < -0.39 is 24.7 Å². The van der Waals surface area contributed by atoms with Gasteiger partial charge in [0.1, 0.15) is 0 Å². The van der Waals surface area contributed by atoms with E-state index in [1.165, 1.54) is 6.08 Å². The smallest absolute Gasteiger partial charge is 0.382 e. The summed E-state index contributed by atoms with van der Waals surface area (Å²) in [5, 5.41) is 11.1. The van der Waals surface area contributed by atoms with E-state index in [1.54, 1.807) is 24.3 Å². The first-order valence-corrected chi connectivity index (χ1v) is 5.63. The molecule has 0 aliphatic rings. The van der Waals surface area contributed by atoms with Gasteiger partial charge in [-0.05, 0) is 23.8 Å². The summed E-state index contributed by atoms with van der Waals surface area (Å²) in [5.41, 5.74) is 0.638. The molecule has 1 aromatic carbocycles. The van der Waals surface area contributed by atoms with Gasteiger partial charge in [0, 0.05) is 11.1 Å². The summed E-state index contributed by atoms with van der Waals surface area (Å²) in [4.78, 5) is 11.2. The summed E-state index contributed by atoms with van der Waals surface area (Å²) in [6.07, 6.45) is -4.85. The second-order valence-corrected chi connectivity index (χ2v) is 4.13. The Balaban J connectivity index is 2.48. The van der Waals surface area contributed by atoms with E-state index >= 15 is 0 Å². The van der Waals surface area contributed by atoms with Gasteiger partial charge in [0.15, 0.2) is 6.10 Å². The van der Waals surface area contributed by atoms with E-state index in [0.717, 1.165) is 6.08 Å². The largest absolute Gasteiger partial charge is 0.416 e. The molecule has 0 heterocycles. The molecule has 7 heteroatoms. The van der Waals surface area contributed by atoms with Crippen LogP contribution in [0, 0.1) is 0 Å². The highest BCUT2D eigenvalue weighted by Crippen LogP contribution is 2.19. The van der Waals surface area contributed by atoms with Crippen LogP contribution in [0.1, 0.15) is 5.56 Å². The molecule has 0 bridgehead atoms. The van der Waals surface area contributed by atoms with Gasteiger partial charge in [-0.1, -0.05) is 23.7 Å². The zero-order valence-corrected chi connectivity index (χ0v) is 10.4. The molecular formula is C12H11ClF3NO2. The Bertz CT molecular complexity index is 474. The molecule has 0 radical (unpaired) electrons. The number of carbonyl (C=O) groups is 1. The molecule has 0 aromatic heterocycles. The Kier molecular flexibility index (Phi) is 5.38. The maximum Gasteiger partial charge on any atom is 0.416 e. The SMILES string of the molecule is O=C(/C=C/c1cccc(Cl)c1)NCC(O)C(F)(F)F. The number of aliphatic hydroxyl groups excluding tert-OH is 1. The second kappa shape index (κ2) is 6.58. The van der Waals surface area contributed by atoms with Crippen molar-refractivity contribution in [1.82, 2.24) is 5.32 Å². The Morgan fingerprint density at radius 2 is 2.16 bits per heavy atom. The Morgan fingerprint density at radius 1 is 1.47 bits per heavy atom. The third-order valence-electron chi connectivity index (χ3n) is 2.12. The van der Waals surface area contributed by atoms with Gasteiger partial charge < -0.3 is 10.4 Å². The van der Waals surface area contributed by atoms with E-state index in [4.69, 9.17) is 16.7 Å². The maximum atomic E-state index is 12.0. The van der Waals surface area contributed by atoms with Crippen LogP contribution in [0.4, 0.5) is 13.2 Å². The lowest BCUT2D eigenvalue weighted by atomic mass is 10.2. The fourth-order valence-electron chi connectivity index (χ4n) is 1.15. The Labute approximate surface area is 112 Å².